The van der Waals surface area contributed by atoms with Crippen molar-refractivity contribution in [3.8, 4) is 0 Å². The molecule has 1 aliphatic carbocycles. The van der Waals surface area contributed by atoms with Crippen LogP contribution in [0.5, 0.6) is 0 Å². The first-order chi connectivity index (χ1) is 9.70. The summed E-state index contributed by atoms with van der Waals surface area (Å²) in [6.07, 6.45) is 7.36. The number of fused-ring (bicyclic) bond motifs is 1. The molecule has 2 heteroatoms. The van der Waals surface area contributed by atoms with Crippen molar-refractivity contribution >= 4 is 0 Å². The van der Waals surface area contributed by atoms with Crippen LogP contribution >= 0.6 is 0 Å². The zero-order chi connectivity index (χ0) is 14.0. The molecule has 0 spiro atoms. The van der Waals surface area contributed by atoms with Crippen LogP contribution in [0.1, 0.15) is 62.7 Å². The van der Waals surface area contributed by atoms with Gasteiger partial charge in [0.15, 0.2) is 0 Å². The lowest BCUT2D eigenvalue weighted by Gasteiger charge is -2.40. The van der Waals surface area contributed by atoms with Gasteiger partial charge in [-0.05, 0) is 36.3 Å². The minimum absolute atomic E-state index is 0.0838. The van der Waals surface area contributed by atoms with E-state index in [4.69, 9.17) is 4.74 Å². The van der Waals surface area contributed by atoms with Crippen molar-refractivity contribution in [1.29, 1.82) is 0 Å². The molecular formula is C18H26O2. The first-order valence-electron chi connectivity index (χ1n) is 8.12. The van der Waals surface area contributed by atoms with Crippen molar-refractivity contribution in [2.75, 3.05) is 6.61 Å². The van der Waals surface area contributed by atoms with Crippen LogP contribution in [0, 0.1) is 5.92 Å². The van der Waals surface area contributed by atoms with Crippen LogP contribution in [-0.2, 0) is 11.2 Å². The molecule has 1 fully saturated rings. The Morgan fingerprint density at radius 2 is 2.20 bits per heavy atom. The molecule has 3 rings (SSSR count). The maximum absolute atomic E-state index is 11.0. The van der Waals surface area contributed by atoms with Gasteiger partial charge >= 0.3 is 0 Å². The number of aliphatic hydroxyl groups is 1. The first kappa shape index (κ1) is 14.1. The smallest absolute Gasteiger partial charge is 0.0855 e. The highest BCUT2D eigenvalue weighted by Gasteiger charge is 2.37. The van der Waals surface area contributed by atoms with E-state index in [1.165, 1.54) is 24.0 Å². The fraction of sp³-hybridized carbons (Fsp3) is 0.667. The Morgan fingerprint density at radius 1 is 1.35 bits per heavy atom. The van der Waals surface area contributed by atoms with E-state index >= 15 is 0 Å². The Morgan fingerprint density at radius 3 is 3.05 bits per heavy atom. The molecule has 2 nitrogen and oxygen atoms in total. The van der Waals surface area contributed by atoms with Crippen LogP contribution in [0.25, 0.3) is 0 Å². The average molecular weight is 274 g/mol. The second kappa shape index (κ2) is 5.87. The number of benzene rings is 1. The van der Waals surface area contributed by atoms with Crippen molar-refractivity contribution in [2.45, 2.75) is 63.6 Å². The Labute approximate surface area is 122 Å². The largest absolute Gasteiger partial charge is 0.390 e. The quantitative estimate of drug-likeness (QED) is 0.902. The fourth-order valence-corrected chi connectivity index (χ4v) is 3.99. The SMILES string of the molecule is CCC1CCCC(O)(CC2OCCc3ccccc32)C1. The highest BCUT2D eigenvalue weighted by molar-refractivity contribution is 5.31. The van der Waals surface area contributed by atoms with E-state index in [1.807, 2.05) is 0 Å². The maximum atomic E-state index is 11.0. The van der Waals surface area contributed by atoms with Crippen LogP contribution in [-0.4, -0.2) is 17.3 Å². The summed E-state index contributed by atoms with van der Waals surface area (Å²) in [5.41, 5.74) is 2.18. The average Bonchev–Trinajstić information content (AvgIpc) is 2.47. The molecule has 20 heavy (non-hydrogen) atoms. The van der Waals surface area contributed by atoms with Gasteiger partial charge in [-0.15, -0.1) is 0 Å². The van der Waals surface area contributed by atoms with Gasteiger partial charge in [0.25, 0.3) is 0 Å². The van der Waals surface area contributed by atoms with Crippen molar-refractivity contribution in [3.63, 3.8) is 0 Å². The van der Waals surface area contributed by atoms with Gasteiger partial charge in [0, 0.05) is 6.42 Å². The second-order valence-electron chi connectivity index (χ2n) is 6.61. The van der Waals surface area contributed by atoms with Crippen LogP contribution in [0.2, 0.25) is 0 Å². The number of ether oxygens (including phenoxy) is 1. The zero-order valence-corrected chi connectivity index (χ0v) is 12.5. The summed E-state index contributed by atoms with van der Waals surface area (Å²) in [7, 11) is 0. The molecule has 1 heterocycles. The molecule has 2 aliphatic rings. The molecule has 110 valence electrons. The van der Waals surface area contributed by atoms with Gasteiger partial charge < -0.3 is 9.84 Å². The van der Waals surface area contributed by atoms with Crippen LogP contribution < -0.4 is 0 Å². The van der Waals surface area contributed by atoms with Crippen molar-refractivity contribution in [1.82, 2.24) is 0 Å². The van der Waals surface area contributed by atoms with Gasteiger partial charge in [0.2, 0.25) is 0 Å². The van der Waals surface area contributed by atoms with Gasteiger partial charge in [-0.2, -0.15) is 0 Å². The molecule has 1 aliphatic heterocycles. The number of hydrogen-bond acceptors (Lipinski definition) is 2. The van der Waals surface area contributed by atoms with E-state index < -0.39 is 5.60 Å². The lowest BCUT2D eigenvalue weighted by Crippen LogP contribution is -2.38. The van der Waals surface area contributed by atoms with E-state index in [0.717, 1.165) is 38.7 Å². The van der Waals surface area contributed by atoms with Crippen LogP contribution in [0.4, 0.5) is 0 Å². The van der Waals surface area contributed by atoms with E-state index in [0.29, 0.717) is 5.92 Å². The van der Waals surface area contributed by atoms with Crippen molar-refractivity contribution in [3.05, 3.63) is 35.4 Å². The molecule has 1 aromatic rings. The van der Waals surface area contributed by atoms with E-state index in [1.54, 1.807) is 0 Å². The molecule has 0 bridgehead atoms. The van der Waals surface area contributed by atoms with Crippen LogP contribution in [0.3, 0.4) is 0 Å². The van der Waals surface area contributed by atoms with Gasteiger partial charge in [-0.1, -0.05) is 50.5 Å². The topological polar surface area (TPSA) is 29.5 Å². The molecule has 0 amide bonds. The Hall–Kier alpha value is -0.860. The molecule has 0 radical (unpaired) electrons. The van der Waals surface area contributed by atoms with Crippen molar-refractivity contribution in [2.24, 2.45) is 5.92 Å². The van der Waals surface area contributed by atoms with E-state index in [2.05, 4.69) is 31.2 Å². The minimum atomic E-state index is -0.520. The monoisotopic (exact) mass is 274 g/mol. The van der Waals surface area contributed by atoms with Gasteiger partial charge in [-0.25, -0.2) is 0 Å². The molecule has 1 aromatic carbocycles. The summed E-state index contributed by atoms with van der Waals surface area (Å²) in [5.74, 6) is 0.688. The minimum Gasteiger partial charge on any atom is -0.390 e. The summed E-state index contributed by atoms with van der Waals surface area (Å²) in [4.78, 5) is 0. The molecule has 3 unspecified atom stereocenters. The highest BCUT2D eigenvalue weighted by Crippen LogP contribution is 2.42. The summed E-state index contributed by atoms with van der Waals surface area (Å²) >= 11 is 0. The van der Waals surface area contributed by atoms with E-state index in [9.17, 15) is 5.11 Å². The van der Waals surface area contributed by atoms with Gasteiger partial charge in [-0.3, -0.25) is 0 Å². The third-order valence-corrected chi connectivity index (χ3v) is 5.16. The molecule has 0 aromatic heterocycles. The molecule has 1 N–H and O–H groups in total. The lowest BCUT2D eigenvalue weighted by atomic mass is 9.73. The second-order valence-corrected chi connectivity index (χ2v) is 6.61. The third-order valence-electron chi connectivity index (χ3n) is 5.16. The maximum Gasteiger partial charge on any atom is 0.0855 e. The van der Waals surface area contributed by atoms with E-state index in [-0.39, 0.29) is 6.10 Å². The van der Waals surface area contributed by atoms with Gasteiger partial charge in [0.1, 0.15) is 0 Å². The first-order valence-corrected chi connectivity index (χ1v) is 8.12. The number of rotatable bonds is 3. The predicted molar refractivity (Wildman–Crippen MR) is 80.7 cm³/mol. The Balaban J connectivity index is 1.75. The Bertz CT molecular complexity index is 456. The highest BCUT2D eigenvalue weighted by atomic mass is 16.5. The third kappa shape index (κ3) is 2.91. The molecule has 1 saturated carbocycles. The summed E-state index contributed by atoms with van der Waals surface area (Å²) in [5, 5.41) is 11.0. The van der Waals surface area contributed by atoms with Gasteiger partial charge in [0.05, 0.1) is 18.3 Å². The summed E-state index contributed by atoms with van der Waals surface area (Å²) in [6.45, 7) is 3.03. The summed E-state index contributed by atoms with van der Waals surface area (Å²) < 4.78 is 5.98. The predicted octanol–water partition coefficient (Wildman–Crippen LogP) is 4.02. The van der Waals surface area contributed by atoms with Crippen molar-refractivity contribution < 1.29 is 9.84 Å². The lowest BCUT2D eigenvalue weighted by molar-refractivity contribution is -0.0750. The molecule has 3 atom stereocenters. The number of hydrogen-bond donors (Lipinski definition) is 1. The molecular weight excluding hydrogens is 248 g/mol. The molecule has 0 saturated heterocycles. The Kier molecular flexibility index (Phi) is 4.13. The standard InChI is InChI=1S/C18H26O2/c1-2-14-6-5-10-18(19,12-14)13-17-16-8-4-3-7-15(16)9-11-20-17/h3-4,7-8,14,17,19H,2,5-6,9-13H2,1H3. The normalized spacial score (nSPS) is 33.7. The summed E-state index contributed by atoms with van der Waals surface area (Å²) in [6, 6.07) is 8.55. The van der Waals surface area contributed by atoms with Crippen LogP contribution in [0.15, 0.2) is 24.3 Å². The fourth-order valence-electron chi connectivity index (χ4n) is 3.99. The zero-order valence-electron chi connectivity index (χ0n) is 12.5.